The lowest BCUT2D eigenvalue weighted by atomic mass is 10.2. The Balaban J connectivity index is 2.55. The van der Waals surface area contributed by atoms with Gasteiger partial charge in [-0.2, -0.15) is 0 Å². The molecule has 0 saturated heterocycles. The van der Waals surface area contributed by atoms with Gasteiger partial charge in [-0.3, -0.25) is 0 Å². The van der Waals surface area contributed by atoms with Gasteiger partial charge in [0, 0.05) is 29.5 Å². The van der Waals surface area contributed by atoms with E-state index in [2.05, 4.69) is 0 Å². The lowest BCUT2D eigenvalue weighted by Crippen LogP contribution is -2.20. The van der Waals surface area contributed by atoms with Crippen molar-refractivity contribution in [2.24, 2.45) is 0 Å². The first-order valence-electron chi connectivity index (χ1n) is 5.90. The predicted molar refractivity (Wildman–Crippen MR) is 73.4 cm³/mol. The molecular formula is C13H21NO2S. The molecule has 96 valence electrons. The van der Waals surface area contributed by atoms with Crippen LogP contribution in [-0.2, 0) is 9.47 Å². The van der Waals surface area contributed by atoms with Gasteiger partial charge in [-0.1, -0.05) is 12.1 Å². The van der Waals surface area contributed by atoms with Crippen molar-refractivity contribution in [3.8, 4) is 0 Å². The third kappa shape index (κ3) is 4.58. The standard InChI is InChI=1S/C13H21NO2S/c1-4-15-12(16-5-2)9-17-11-8-6-7-10(3)13(11)14/h6-8,12H,4-5,9,14H2,1-3H3. The Morgan fingerprint density at radius 3 is 2.47 bits per heavy atom. The van der Waals surface area contributed by atoms with Crippen LogP contribution in [0.15, 0.2) is 23.1 Å². The van der Waals surface area contributed by atoms with Crippen molar-refractivity contribution < 1.29 is 9.47 Å². The Morgan fingerprint density at radius 1 is 1.24 bits per heavy atom. The quantitative estimate of drug-likeness (QED) is 0.462. The van der Waals surface area contributed by atoms with Crippen LogP contribution in [0.3, 0.4) is 0 Å². The van der Waals surface area contributed by atoms with Gasteiger partial charge >= 0.3 is 0 Å². The molecule has 1 aromatic carbocycles. The second-order valence-electron chi connectivity index (χ2n) is 3.64. The normalized spacial score (nSPS) is 11.1. The fourth-order valence-electron chi connectivity index (χ4n) is 1.45. The minimum atomic E-state index is -0.157. The summed E-state index contributed by atoms with van der Waals surface area (Å²) in [4.78, 5) is 1.09. The summed E-state index contributed by atoms with van der Waals surface area (Å²) in [5.74, 6) is 0.759. The summed E-state index contributed by atoms with van der Waals surface area (Å²) in [7, 11) is 0. The SMILES string of the molecule is CCOC(CSc1cccc(C)c1N)OCC. The number of ether oxygens (including phenoxy) is 2. The van der Waals surface area contributed by atoms with Crippen LogP contribution in [0.4, 0.5) is 5.69 Å². The molecular weight excluding hydrogens is 234 g/mol. The summed E-state index contributed by atoms with van der Waals surface area (Å²) in [6.45, 7) is 7.28. The molecule has 4 heteroatoms. The number of hydrogen-bond acceptors (Lipinski definition) is 4. The smallest absolute Gasteiger partial charge is 0.166 e. The van der Waals surface area contributed by atoms with E-state index in [-0.39, 0.29) is 6.29 Å². The average Bonchev–Trinajstić information content (AvgIpc) is 2.31. The first-order valence-corrected chi connectivity index (χ1v) is 6.88. The number of hydrogen-bond donors (Lipinski definition) is 1. The van der Waals surface area contributed by atoms with Crippen LogP contribution in [0.5, 0.6) is 0 Å². The van der Waals surface area contributed by atoms with Gasteiger partial charge in [0.05, 0.1) is 0 Å². The fourth-order valence-corrected chi connectivity index (χ4v) is 2.45. The van der Waals surface area contributed by atoms with Gasteiger partial charge in [-0.05, 0) is 32.4 Å². The van der Waals surface area contributed by atoms with E-state index in [1.807, 2.05) is 39.0 Å². The number of para-hydroxylation sites is 1. The Labute approximate surface area is 108 Å². The van der Waals surface area contributed by atoms with Crippen LogP contribution in [0.2, 0.25) is 0 Å². The summed E-state index contributed by atoms with van der Waals surface area (Å²) in [6, 6.07) is 6.06. The highest BCUT2D eigenvalue weighted by Gasteiger charge is 2.10. The molecule has 0 atom stereocenters. The lowest BCUT2D eigenvalue weighted by molar-refractivity contribution is -0.120. The molecule has 0 aliphatic carbocycles. The molecule has 0 saturated carbocycles. The second-order valence-corrected chi connectivity index (χ2v) is 4.70. The predicted octanol–water partition coefficient (Wildman–Crippen LogP) is 3.07. The monoisotopic (exact) mass is 255 g/mol. The van der Waals surface area contributed by atoms with E-state index in [1.165, 1.54) is 0 Å². The molecule has 0 bridgehead atoms. The van der Waals surface area contributed by atoms with Gasteiger partial charge in [0.2, 0.25) is 0 Å². The van der Waals surface area contributed by atoms with Crippen LogP contribution >= 0.6 is 11.8 Å². The van der Waals surface area contributed by atoms with Crippen LogP contribution in [0, 0.1) is 6.92 Å². The van der Waals surface area contributed by atoms with Crippen LogP contribution < -0.4 is 5.73 Å². The number of anilines is 1. The largest absolute Gasteiger partial charge is 0.398 e. The molecule has 0 unspecified atom stereocenters. The van der Waals surface area contributed by atoms with Crippen LogP contribution in [0.1, 0.15) is 19.4 Å². The van der Waals surface area contributed by atoms with E-state index < -0.39 is 0 Å². The van der Waals surface area contributed by atoms with Crippen molar-refractivity contribution in [1.29, 1.82) is 0 Å². The van der Waals surface area contributed by atoms with E-state index in [0.29, 0.717) is 13.2 Å². The third-order valence-electron chi connectivity index (χ3n) is 2.36. The number of rotatable bonds is 7. The molecule has 0 aliphatic rings. The summed E-state index contributed by atoms with van der Waals surface area (Å²) in [6.07, 6.45) is -0.157. The van der Waals surface area contributed by atoms with Crippen molar-refractivity contribution in [2.75, 3.05) is 24.7 Å². The summed E-state index contributed by atoms with van der Waals surface area (Å²) in [5, 5.41) is 0. The van der Waals surface area contributed by atoms with Crippen molar-refractivity contribution in [2.45, 2.75) is 32.0 Å². The fraction of sp³-hybridized carbons (Fsp3) is 0.538. The molecule has 0 aromatic heterocycles. The number of nitrogen functional groups attached to an aromatic ring is 1. The van der Waals surface area contributed by atoms with Gasteiger partial charge in [0.15, 0.2) is 6.29 Å². The van der Waals surface area contributed by atoms with Crippen molar-refractivity contribution in [1.82, 2.24) is 0 Å². The lowest BCUT2D eigenvalue weighted by Gasteiger charge is -2.17. The summed E-state index contributed by atoms with van der Waals surface area (Å²) in [5.41, 5.74) is 7.98. The highest BCUT2D eigenvalue weighted by atomic mass is 32.2. The Bertz CT molecular complexity index is 338. The molecule has 2 N–H and O–H groups in total. The first-order chi connectivity index (χ1) is 8.19. The molecule has 3 nitrogen and oxygen atoms in total. The van der Waals surface area contributed by atoms with Gasteiger partial charge in [-0.15, -0.1) is 11.8 Å². The molecule has 0 amide bonds. The summed E-state index contributed by atoms with van der Waals surface area (Å²) < 4.78 is 11.0. The molecule has 0 fully saturated rings. The Hall–Kier alpha value is -0.710. The Kier molecular flexibility index (Phi) is 6.40. The maximum atomic E-state index is 6.01. The maximum absolute atomic E-state index is 6.01. The van der Waals surface area contributed by atoms with E-state index in [1.54, 1.807) is 11.8 Å². The molecule has 0 aliphatic heterocycles. The molecule has 0 heterocycles. The number of benzene rings is 1. The molecule has 1 rings (SSSR count). The van der Waals surface area contributed by atoms with Crippen LogP contribution in [0.25, 0.3) is 0 Å². The Morgan fingerprint density at radius 2 is 1.88 bits per heavy atom. The minimum Gasteiger partial charge on any atom is -0.398 e. The van der Waals surface area contributed by atoms with Gasteiger partial charge in [-0.25, -0.2) is 0 Å². The van der Waals surface area contributed by atoms with Crippen molar-refractivity contribution in [3.63, 3.8) is 0 Å². The molecule has 0 spiro atoms. The van der Waals surface area contributed by atoms with Crippen molar-refractivity contribution in [3.05, 3.63) is 23.8 Å². The van der Waals surface area contributed by atoms with E-state index >= 15 is 0 Å². The average molecular weight is 255 g/mol. The second kappa shape index (κ2) is 7.58. The van der Waals surface area contributed by atoms with E-state index in [0.717, 1.165) is 21.9 Å². The zero-order valence-electron chi connectivity index (χ0n) is 10.7. The molecule has 17 heavy (non-hydrogen) atoms. The topological polar surface area (TPSA) is 44.5 Å². The third-order valence-corrected chi connectivity index (χ3v) is 3.47. The molecule has 0 radical (unpaired) electrons. The highest BCUT2D eigenvalue weighted by Crippen LogP contribution is 2.28. The highest BCUT2D eigenvalue weighted by molar-refractivity contribution is 7.99. The van der Waals surface area contributed by atoms with E-state index in [9.17, 15) is 0 Å². The van der Waals surface area contributed by atoms with Gasteiger partial charge < -0.3 is 15.2 Å². The number of thioether (sulfide) groups is 1. The van der Waals surface area contributed by atoms with Crippen LogP contribution in [-0.4, -0.2) is 25.3 Å². The van der Waals surface area contributed by atoms with E-state index in [4.69, 9.17) is 15.2 Å². The number of aryl methyl sites for hydroxylation is 1. The first kappa shape index (κ1) is 14.4. The minimum absolute atomic E-state index is 0.157. The number of nitrogens with two attached hydrogens (primary N) is 1. The van der Waals surface area contributed by atoms with Crippen molar-refractivity contribution >= 4 is 17.4 Å². The summed E-state index contributed by atoms with van der Waals surface area (Å²) >= 11 is 1.67. The van der Waals surface area contributed by atoms with Gasteiger partial charge in [0.25, 0.3) is 0 Å². The molecule has 1 aromatic rings. The zero-order valence-corrected chi connectivity index (χ0v) is 11.5. The zero-order chi connectivity index (χ0) is 12.7. The maximum Gasteiger partial charge on any atom is 0.166 e. The van der Waals surface area contributed by atoms with Gasteiger partial charge in [0.1, 0.15) is 0 Å².